The highest BCUT2D eigenvalue weighted by molar-refractivity contribution is 7.80. The molecule has 154 valence electrons. The molecule has 1 amide bonds. The second kappa shape index (κ2) is 7.42. The fourth-order valence-electron chi connectivity index (χ4n) is 4.71. The lowest BCUT2D eigenvalue weighted by Crippen LogP contribution is -2.52. The maximum absolute atomic E-state index is 13.6. The SMILES string of the molecule is CCOC(=O)CCN1C(=O)[C@@]2(CN(C)C[C@H]2c2cn(C)c3ccccc23)NC1=S. The first-order chi connectivity index (χ1) is 13.9. The number of nitrogens with zero attached hydrogens (tertiary/aromatic N) is 3. The van der Waals surface area contributed by atoms with Crippen LogP contribution in [0.3, 0.4) is 0 Å². The molecule has 2 atom stereocenters. The number of thiocarbonyl (C=S) groups is 1. The van der Waals surface area contributed by atoms with E-state index in [0.717, 1.165) is 23.0 Å². The largest absolute Gasteiger partial charge is 0.466 e. The number of amides is 1. The van der Waals surface area contributed by atoms with E-state index >= 15 is 0 Å². The molecule has 0 radical (unpaired) electrons. The Bertz CT molecular complexity index is 987. The van der Waals surface area contributed by atoms with Gasteiger partial charge in [-0.2, -0.15) is 0 Å². The highest BCUT2D eigenvalue weighted by atomic mass is 32.1. The van der Waals surface area contributed by atoms with Crippen molar-refractivity contribution in [3.63, 3.8) is 0 Å². The summed E-state index contributed by atoms with van der Waals surface area (Å²) in [6.45, 7) is 3.64. The van der Waals surface area contributed by atoms with Crippen molar-refractivity contribution in [2.75, 3.05) is 33.3 Å². The van der Waals surface area contributed by atoms with Crippen LogP contribution in [0.4, 0.5) is 0 Å². The predicted octanol–water partition coefficient (Wildman–Crippen LogP) is 1.62. The van der Waals surface area contributed by atoms with E-state index < -0.39 is 5.54 Å². The summed E-state index contributed by atoms with van der Waals surface area (Å²) in [4.78, 5) is 29.0. The van der Waals surface area contributed by atoms with Gasteiger partial charge in [0.05, 0.1) is 13.0 Å². The van der Waals surface area contributed by atoms with Crippen LogP contribution in [0.15, 0.2) is 30.5 Å². The van der Waals surface area contributed by atoms with Gasteiger partial charge in [0, 0.05) is 49.7 Å². The molecular weight excluding hydrogens is 388 g/mol. The summed E-state index contributed by atoms with van der Waals surface area (Å²) in [6.07, 6.45) is 2.25. The Morgan fingerprint density at radius 3 is 2.86 bits per heavy atom. The van der Waals surface area contributed by atoms with Gasteiger partial charge in [-0.3, -0.25) is 14.5 Å². The normalized spacial score (nSPS) is 24.7. The number of hydrogen-bond acceptors (Lipinski definition) is 5. The lowest BCUT2D eigenvalue weighted by Gasteiger charge is -2.28. The quantitative estimate of drug-likeness (QED) is 0.592. The van der Waals surface area contributed by atoms with Crippen molar-refractivity contribution < 1.29 is 14.3 Å². The zero-order valence-corrected chi connectivity index (χ0v) is 17.8. The maximum Gasteiger partial charge on any atom is 0.307 e. The summed E-state index contributed by atoms with van der Waals surface area (Å²) in [5, 5.41) is 4.88. The van der Waals surface area contributed by atoms with Crippen molar-refractivity contribution in [1.82, 2.24) is 19.7 Å². The third kappa shape index (κ3) is 3.20. The summed E-state index contributed by atoms with van der Waals surface area (Å²) in [6, 6.07) is 8.24. The van der Waals surface area contributed by atoms with Gasteiger partial charge in [-0.1, -0.05) is 18.2 Å². The first-order valence-corrected chi connectivity index (χ1v) is 10.3. The summed E-state index contributed by atoms with van der Waals surface area (Å²) in [5.41, 5.74) is 1.47. The maximum atomic E-state index is 13.6. The molecule has 0 unspecified atom stereocenters. The van der Waals surface area contributed by atoms with Crippen LogP contribution >= 0.6 is 12.2 Å². The summed E-state index contributed by atoms with van der Waals surface area (Å²) >= 11 is 5.50. The van der Waals surface area contributed by atoms with E-state index in [2.05, 4.69) is 33.1 Å². The number of esters is 1. The van der Waals surface area contributed by atoms with Crippen molar-refractivity contribution in [3.05, 3.63) is 36.0 Å². The number of benzene rings is 1. The highest BCUT2D eigenvalue weighted by Gasteiger charge is 2.59. The van der Waals surface area contributed by atoms with E-state index in [1.54, 1.807) is 6.92 Å². The first kappa shape index (κ1) is 19.8. The minimum atomic E-state index is -0.815. The number of carbonyl (C=O) groups is 2. The molecule has 0 bridgehead atoms. The molecule has 0 saturated carbocycles. The number of likely N-dealkylation sites (tertiary alicyclic amines) is 1. The van der Waals surface area contributed by atoms with Crippen molar-refractivity contribution in [1.29, 1.82) is 0 Å². The average Bonchev–Trinajstić information content (AvgIpc) is 3.27. The molecule has 1 spiro atoms. The van der Waals surface area contributed by atoms with Crippen molar-refractivity contribution in [2.45, 2.75) is 24.8 Å². The van der Waals surface area contributed by atoms with Gasteiger partial charge in [-0.15, -0.1) is 0 Å². The van der Waals surface area contributed by atoms with E-state index in [-0.39, 0.29) is 30.8 Å². The highest BCUT2D eigenvalue weighted by Crippen LogP contribution is 2.42. The third-order valence-corrected chi connectivity index (χ3v) is 6.28. The number of ether oxygens (including phenoxy) is 1. The lowest BCUT2D eigenvalue weighted by atomic mass is 9.81. The first-order valence-electron chi connectivity index (χ1n) is 9.89. The summed E-state index contributed by atoms with van der Waals surface area (Å²) in [7, 11) is 4.05. The van der Waals surface area contributed by atoms with E-state index in [9.17, 15) is 9.59 Å². The Balaban J connectivity index is 1.67. The number of para-hydroxylation sites is 1. The average molecular weight is 415 g/mol. The Hall–Kier alpha value is -2.45. The van der Waals surface area contributed by atoms with Gasteiger partial charge in [-0.25, -0.2) is 0 Å². The second-order valence-electron chi connectivity index (χ2n) is 7.88. The van der Waals surface area contributed by atoms with Crippen molar-refractivity contribution in [2.24, 2.45) is 7.05 Å². The van der Waals surface area contributed by atoms with Gasteiger partial charge in [0.25, 0.3) is 5.91 Å². The number of likely N-dealkylation sites (N-methyl/N-ethyl adjacent to an activating group) is 1. The Labute approximate surface area is 175 Å². The predicted molar refractivity (Wildman–Crippen MR) is 115 cm³/mol. The minimum Gasteiger partial charge on any atom is -0.466 e. The zero-order valence-electron chi connectivity index (χ0n) is 17.0. The van der Waals surface area contributed by atoms with E-state index in [1.807, 2.05) is 26.2 Å². The van der Waals surface area contributed by atoms with E-state index in [0.29, 0.717) is 18.3 Å². The van der Waals surface area contributed by atoms with Crippen molar-refractivity contribution in [3.8, 4) is 0 Å². The lowest BCUT2D eigenvalue weighted by molar-refractivity contribution is -0.143. The van der Waals surface area contributed by atoms with Crippen LogP contribution in [0.2, 0.25) is 0 Å². The molecule has 2 fully saturated rings. The molecule has 1 aromatic carbocycles. The molecule has 2 aliphatic heterocycles. The number of aromatic nitrogens is 1. The zero-order chi connectivity index (χ0) is 20.8. The number of aryl methyl sites for hydroxylation is 1. The number of carbonyl (C=O) groups excluding carboxylic acids is 2. The molecule has 7 nitrogen and oxygen atoms in total. The molecule has 0 aliphatic carbocycles. The Morgan fingerprint density at radius 1 is 1.34 bits per heavy atom. The number of fused-ring (bicyclic) bond motifs is 1. The third-order valence-electron chi connectivity index (χ3n) is 5.96. The van der Waals surface area contributed by atoms with Crippen LogP contribution in [-0.4, -0.2) is 70.2 Å². The molecular formula is C21H26N4O3S. The smallest absolute Gasteiger partial charge is 0.307 e. The van der Waals surface area contributed by atoms with Crippen LogP contribution in [0.1, 0.15) is 24.8 Å². The molecule has 4 rings (SSSR count). The number of nitrogens with one attached hydrogen (secondary N) is 1. The fraction of sp³-hybridized carbons (Fsp3) is 0.476. The van der Waals surface area contributed by atoms with Gasteiger partial charge in [0.15, 0.2) is 5.11 Å². The molecule has 2 aliphatic rings. The standard InChI is InChI=1S/C21H26N4O3S/c1-4-28-18(26)9-10-25-19(27)21(22-20(25)29)13-23(2)12-16(21)15-11-24(3)17-8-6-5-7-14(15)17/h5-8,11,16H,4,9-10,12-13H2,1-3H3,(H,22,29)/t16-,21-/m0/s1. The molecule has 1 aromatic heterocycles. The minimum absolute atomic E-state index is 0.0448. The van der Waals surface area contributed by atoms with Gasteiger partial charge in [0.1, 0.15) is 5.54 Å². The van der Waals surface area contributed by atoms with Crippen LogP contribution in [-0.2, 0) is 21.4 Å². The number of rotatable bonds is 5. The van der Waals surface area contributed by atoms with Crippen LogP contribution in [0.25, 0.3) is 10.9 Å². The molecule has 8 heteroatoms. The summed E-state index contributed by atoms with van der Waals surface area (Å²) < 4.78 is 7.10. The number of hydrogen-bond donors (Lipinski definition) is 1. The van der Waals surface area contributed by atoms with Crippen LogP contribution in [0.5, 0.6) is 0 Å². The van der Waals surface area contributed by atoms with Gasteiger partial charge in [0.2, 0.25) is 0 Å². The molecule has 2 aromatic rings. The molecule has 1 N–H and O–H groups in total. The van der Waals surface area contributed by atoms with Gasteiger partial charge < -0.3 is 19.5 Å². The van der Waals surface area contributed by atoms with E-state index in [4.69, 9.17) is 17.0 Å². The molecule has 29 heavy (non-hydrogen) atoms. The summed E-state index contributed by atoms with van der Waals surface area (Å²) in [5.74, 6) is -0.427. The Morgan fingerprint density at radius 2 is 2.10 bits per heavy atom. The Kier molecular flexibility index (Phi) is 5.08. The second-order valence-corrected chi connectivity index (χ2v) is 8.26. The topological polar surface area (TPSA) is 66.8 Å². The monoisotopic (exact) mass is 414 g/mol. The van der Waals surface area contributed by atoms with Gasteiger partial charge >= 0.3 is 5.97 Å². The molecule has 3 heterocycles. The van der Waals surface area contributed by atoms with E-state index in [1.165, 1.54) is 4.90 Å². The fourth-order valence-corrected chi connectivity index (χ4v) is 5.07. The van der Waals surface area contributed by atoms with Crippen LogP contribution in [0, 0.1) is 0 Å². The van der Waals surface area contributed by atoms with Crippen LogP contribution < -0.4 is 5.32 Å². The van der Waals surface area contributed by atoms with Crippen molar-refractivity contribution >= 4 is 40.1 Å². The molecule has 2 saturated heterocycles. The van der Waals surface area contributed by atoms with Gasteiger partial charge in [-0.05, 0) is 37.8 Å².